The third-order valence-corrected chi connectivity index (χ3v) is 4.24. The zero-order valence-electron chi connectivity index (χ0n) is 13.7. The van der Waals surface area contributed by atoms with Gasteiger partial charge in [-0.15, -0.1) is 0 Å². The van der Waals surface area contributed by atoms with Gasteiger partial charge in [0.15, 0.2) is 0 Å². The fourth-order valence-corrected chi connectivity index (χ4v) is 2.88. The first-order valence-electron chi connectivity index (χ1n) is 8.23. The maximum atomic E-state index is 5.57. The van der Waals surface area contributed by atoms with E-state index in [4.69, 9.17) is 9.47 Å². The van der Waals surface area contributed by atoms with Gasteiger partial charge in [-0.1, -0.05) is 19.1 Å². The fourth-order valence-electron chi connectivity index (χ4n) is 2.88. The van der Waals surface area contributed by atoms with Gasteiger partial charge in [0.25, 0.3) is 0 Å². The number of benzene rings is 1. The summed E-state index contributed by atoms with van der Waals surface area (Å²) in [5, 5.41) is 3.65. The molecule has 2 rings (SSSR count). The van der Waals surface area contributed by atoms with Gasteiger partial charge >= 0.3 is 0 Å². The van der Waals surface area contributed by atoms with Crippen molar-refractivity contribution in [1.29, 1.82) is 0 Å². The SMILES string of the molecule is CCCNC(CCc1ccc2c(c1)CCO2)CC(C)OC. The first-order chi connectivity index (χ1) is 10.2. The average molecular weight is 291 g/mol. The van der Waals surface area contributed by atoms with Crippen molar-refractivity contribution >= 4 is 0 Å². The molecule has 0 amide bonds. The molecule has 0 aliphatic carbocycles. The van der Waals surface area contributed by atoms with Crippen molar-refractivity contribution in [2.24, 2.45) is 0 Å². The lowest BCUT2D eigenvalue weighted by Crippen LogP contribution is -2.33. The van der Waals surface area contributed by atoms with Gasteiger partial charge in [0.1, 0.15) is 5.75 Å². The summed E-state index contributed by atoms with van der Waals surface area (Å²) < 4.78 is 11.0. The smallest absolute Gasteiger partial charge is 0.122 e. The molecule has 0 spiro atoms. The minimum Gasteiger partial charge on any atom is -0.493 e. The number of fused-ring (bicyclic) bond motifs is 1. The summed E-state index contributed by atoms with van der Waals surface area (Å²) in [6.07, 6.45) is 5.89. The van der Waals surface area contributed by atoms with Crippen molar-refractivity contribution in [2.75, 3.05) is 20.3 Å². The number of hydrogen-bond acceptors (Lipinski definition) is 3. The van der Waals surface area contributed by atoms with E-state index in [1.54, 1.807) is 7.11 Å². The molecule has 1 N–H and O–H groups in total. The Kier molecular flexibility index (Phi) is 6.52. The van der Waals surface area contributed by atoms with Gasteiger partial charge in [0.05, 0.1) is 12.7 Å². The molecule has 1 aliphatic heterocycles. The van der Waals surface area contributed by atoms with Crippen LogP contribution in [0.15, 0.2) is 18.2 Å². The highest BCUT2D eigenvalue weighted by Gasteiger charge is 2.15. The van der Waals surface area contributed by atoms with Crippen LogP contribution in [0.2, 0.25) is 0 Å². The minimum absolute atomic E-state index is 0.313. The van der Waals surface area contributed by atoms with Gasteiger partial charge in [0, 0.05) is 19.6 Å². The van der Waals surface area contributed by atoms with Crippen molar-refractivity contribution in [2.45, 2.75) is 58.1 Å². The maximum Gasteiger partial charge on any atom is 0.122 e. The number of nitrogens with one attached hydrogen (secondary N) is 1. The molecule has 1 heterocycles. The van der Waals surface area contributed by atoms with E-state index < -0.39 is 0 Å². The van der Waals surface area contributed by atoms with Crippen molar-refractivity contribution in [1.82, 2.24) is 5.32 Å². The van der Waals surface area contributed by atoms with Crippen molar-refractivity contribution < 1.29 is 9.47 Å². The second kappa shape index (κ2) is 8.40. The zero-order chi connectivity index (χ0) is 15.1. The Morgan fingerprint density at radius 3 is 3.00 bits per heavy atom. The Morgan fingerprint density at radius 1 is 1.38 bits per heavy atom. The van der Waals surface area contributed by atoms with Gasteiger partial charge in [0.2, 0.25) is 0 Å². The molecule has 0 bridgehead atoms. The van der Waals surface area contributed by atoms with E-state index in [2.05, 4.69) is 37.4 Å². The van der Waals surface area contributed by atoms with Gasteiger partial charge in [-0.25, -0.2) is 0 Å². The molecule has 0 radical (unpaired) electrons. The molecule has 0 saturated carbocycles. The molecule has 2 unspecified atom stereocenters. The average Bonchev–Trinajstić information content (AvgIpc) is 2.97. The van der Waals surface area contributed by atoms with Gasteiger partial charge in [-0.2, -0.15) is 0 Å². The van der Waals surface area contributed by atoms with E-state index in [-0.39, 0.29) is 0 Å². The number of aryl methyl sites for hydroxylation is 1. The van der Waals surface area contributed by atoms with Crippen molar-refractivity contribution in [3.8, 4) is 5.75 Å². The molecule has 0 aromatic heterocycles. The number of methoxy groups -OCH3 is 1. The summed E-state index contributed by atoms with van der Waals surface area (Å²) in [4.78, 5) is 0. The number of ether oxygens (including phenoxy) is 2. The highest BCUT2D eigenvalue weighted by atomic mass is 16.5. The van der Waals surface area contributed by atoms with E-state index in [9.17, 15) is 0 Å². The lowest BCUT2D eigenvalue weighted by Gasteiger charge is -2.21. The van der Waals surface area contributed by atoms with E-state index in [1.807, 2.05) is 0 Å². The highest BCUT2D eigenvalue weighted by Crippen LogP contribution is 2.26. The van der Waals surface area contributed by atoms with E-state index >= 15 is 0 Å². The van der Waals surface area contributed by atoms with Crippen LogP contribution < -0.4 is 10.1 Å². The van der Waals surface area contributed by atoms with Crippen LogP contribution in [0.25, 0.3) is 0 Å². The first-order valence-corrected chi connectivity index (χ1v) is 8.23. The summed E-state index contributed by atoms with van der Waals surface area (Å²) in [7, 11) is 1.79. The standard InChI is InChI=1S/C18H29NO2/c1-4-10-19-17(12-14(2)20-3)7-5-15-6-8-18-16(13-15)9-11-21-18/h6,8,13-14,17,19H,4-5,7,9-12H2,1-3H3. The Bertz CT molecular complexity index is 433. The molecule has 118 valence electrons. The summed E-state index contributed by atoms with van der Waals surface area (Å²) in [6, 6.07) is 7.19. The van der Waals surface area contributed by atoms with Gasteiger partial charge < -0.3 is 14.8 Å². The zero-order valence-corrected chi connectivity index (χ0v) is 13.7. The summed E-state index contributed by atoms with van der Waals surface area (Å²) in [5.74, 6) is 1.08. The Labute approximate surface area is 129 Å². The Morgan fingerprint density at radius 2 is 2.24 bits per heavy atom. The van der Waals surface area contributed by atoms with Crippen LogP contribution in [0.1, 0.15) is 44.2 Å². The predicted octanol–water partition coefficient (Wildman–Crippen LogP) is 3.35. The molecule has 2 atom stereocenters. The van der Waals surface area contributed by atoms with Gasteiger partial charge in [-0.05, 0) is 56.3 Å². The second-order valence-corrected chi connectivity index (χ2v) is 6.01. The second-order valence-electron chi connectivity index (χ2n) is 6.01. The van der Waals surface area contributed by atoms with E-state index in [0.29, 0.717) is 12.1 Å². The summed E-state index contributed by atoms with van der Waals surface area (Å²) >= 11 is 0. The normalized spacial score (nSPS) is 16.3. The van der Waals surface area contributed by atoms with Crippen LogP contribution in [0.4, 0.5) is 0 Å². The van der Waals surface area contributed by atoms with E-state index in [1.165, 1.54) is 17.5 Å². The molecular weight excluding hydrogens is 262 g/mol. The van der Waals surface area contributed by atoms with Gasteiger partial charge in [-0.3, -0.25) is 0 Å². The predicted molar refractivity (Wildman–Crippen MR) is 87.1 cm³/mol. The molecule has 1 aliphatic rings. The van der Waals surface area contributed by atoms with Crippen LogP contribution in [0.5, 0.6) is 5.75 Å². The maximum absolute atomic E-state index is 5.57. The quantitative estimate of drug-likeness (QED) is 0.757. The van der Waals surface area contributed by atoms with Crippen LogP contribution in [-0.2, 0) is 17.6 Å². The summed E-state index contributed by atoms with van der Waals surface area (Å²) in [6.45, 7) is 6.28. The third kappa shape index (κ3) is 5.01. The monoisotopic (exact) mass is 291 g/mol. The third-order valence-electron chi connectivity index (χ3n) is 4.24. The van der Waals surface area contributed by atoms with Crippen LogP contribution in [0, 0.1) is 0 Å². The van der Waals surface area contributed by atoms with Crippen LogP contribution in [-0.4, -0.2) is 32.4 Å². The molecule has 21 heavy (non-hydrogen) atoms. The van der Waals surface area contributed by atoms with Crippen molar-refractivity contribution in [3.05, 3.63) is 29.3 Å². The Balaban J connectivity index is 1.87. The lowest BCUT2D eigenvalue weighted by atomic mass is 9.99. The number of hydrogen-bond donors (Lipinski definition) is 1. The number of rotatable bonds is 9. The van der Waals surface area contributed by atoms with Crippen LogP contribution >= 0.6 is 0 Å². The molecule has 3 heteroatoms. The molecule has 1 aromatic rings. The highest BCUT2D eigenvalue weighted by molar-refractivity contribution is 5.39. The topological polar surface area (TPSA) is 30.5 Å². The van der Waals surface area contributed by atoms with E-state index in [0.717, 1.165) is 44.6 Å². The molecule has 0 fully saturated rings. The first kappa shape index (κ1) is 16.3. The lowest BCUT2D eigenvalue weighted by molar-refractivity contribution is 0.0993. The molecule has 1 aromatic carbocycles. The Hall–Kier alpha value is -1.06. The molecular formula is C18H29NO2. The van der Waals surface area contributed by atoms with Crippen molar-refractivity contribution in [3.63, 3.8) is 0 Å². The van der Waals surface area contributed by atoms with Crippen LogP contribution in [0.3, 0.4) is 0 Å². The minimum atomic E-state index is 0.313. The summed E-state index contributed by atoms with van der Waals surface area (Å²) in [5.41, 5.74) is 2.79. The molecule has 0 saturated heterocycles. The fraction of sp³-hybridized carbons (Fsp3) is 0.667. The molecule has 3 nitrogen and oxygen atoms in total. The largest absolute Gasteiger partial charge is 0.493 e.